The number of hydrogen-bond donors (Lipinski definition) is 0. The molecule has 0 spiro atoms. The van der Waals surface area contributed by atoms with E-state index >= 15 is 0 Å². The van der Waals surface area contributed by atoms with Crippen LogP contribution in [0, 0.1) is 11.3 Å². The number of hydrogen-bond acceptors (Lipinski definition) is 4. The minimum atomic E-state index is -0.0412. The smallest absolute Gasteiger partial charge is 0.246 e. The maximum Gasteiger partial charge on any atom is 0.246 e. The highest BCUT2D eigenvalue weighted by Crippen LogP contribution is 2.28. The number of carbonyl (C=O) groups excluding carboxylic acids is 1. The number of nitrogens with zero attached hydrogens (tertiary/aromatic N) is 2. The summed E-state index contributed by atoms with van der Waals surface area (Å²) in [4.78, 5) is 14.3. The highest BCUT2D eigenvalue weighted by Gasteiger charge is 2.18. The Labute approximate surface area is 153 Å². The Morgan fingerprint density at radius 3 is 2.81 bits per heavy atom. The minimum Gasteiger partial charge on any atom is -0.493 e. The average Bonchev–Trinajstić information content (AvgIpc) is 2.70. The van der Waals surface area contributed by atoms with Gasteiger partial charge in [0.1, 0.15) is 6.07 Å². The third kappa shape index (κ3) is 4.04. The molecule has 132 valence electrons. The third-order valence-electron chi connectivity index (χ3n) is 4.34. The summed E-state index contributed by atoms with van der Waals surface area (Å²) in [7, 11) is 1.54. The van der Waals surface area contributed by atoms with E-state index in [4.69, 9.17) is 14.7 Å². The standard InChI is InChI=1S/C21H20N2O3/c1-25-20-14-16(6-8-19(20)26-13-11-22)7-9-21(24)23-12-10-17-4-2-3-5-18(17)15-23/h2-9,14H,10,12-13,15H2,1H3/b9-7+. The van der Waals surface area contributed by atoms with Crippen molar-refractivity contribution in [1.29, 1.82) is 5.26 Å². The lowest BCUT2D eigenvalue weighted by Gasteiger charge is -2.27. The van der Waals surface area contributed by atoms with Crippen LogP contribution in [-0.2, 0) is 17.8 Å². The fourth-order valence-electron chi connectivity index (χ4n) is 2.97. The molecule has 0 aromatic heterocycles. The summed E-state index contributed by atoms with van der Waals surface area (Å²) in [6, 6.07) is 15.5. The van der Waals surface area contributed by atoms with E-state index < -0.39 is 0 Å². The number of rotatable bonds is 5. The molecule has 0 atom stereocenters. The van der Waals surface area contributed by atoms with E-state index in [0.717, 1.165) is 18.5 Å². The van der Waals surface area contributed by atoms with Gasteiger partial charge in [-0.25, -0.2) is 0 Å². The maximum absolute atomic E-state index is 12.5. The lowest BCUT2D eigenvalue weighted by atomic mass is 10.00. The number of amides is 1. The normalized spacial score (nSPS) is 13.2. The Balaban J connectivity index is 1.68. The van der Waals surface area contributed by atoms with Crippen molar-refractivity contribution in [2.45, 2.75) is 13.0 Å². The van der Waals surface area contributed by atoms with Crippen LogP contribution in [0.15, 0.2) is 48.5 Å². The van der Waals surface area contributed by atoms with E-state index in [2.05, 4.69) is 12.1 Å². The van der Waals surface area contributed by atoms with E-state index in [0.29, 0.717) is 18.0 Å². The monoisotopic (exact) mass is 348 g/mol. The van der Waals surface area contributed by atoms with Crippen LogP contribution in [0.4, 0.5) is 0 Å². The summed E-state index contributed by atoms with van der Waals surface area (Å²) in [6.45, 7) is 1.33. The summed E-state index contributed by atoms with van der Waals surface area (Å²) in [5, 5.41) is 8.61. The van der Waals surface area contributed by atoms with E-state index in [9.17, 15) is 4.79 Å². The van der Waals surface area contributed by atoms with Gasteiger partial charge >= 0.3 is 0 Å². The minimum absolute atomic E-state index is 0.0109. The summed E-state index contributed by atoms with van der Waals surface area (Å²) >= 11 is 0. The zero-order valence-electron chi connectivity index (χ0n) is 14.6. The number of nitriles is 1. The van der Waals surface area contributed by atoms with E-state index in [1.165, 1.54) is 11.1 Å². The average molecular weight is 348 g/mol. The summed E-state index contributed by atoms with van der Waals surface area (Å²) < 4.78 is 10.6. The van der Waals surface area contributed by atoms with E-state index in [1.54, 1.807) is 31.4 Å². The van der Waals surface area contributed by atoms with Crippen molar-refractivity contribution in [3.63, 3.8) is 0 Å². The van der Waals surface area contributed by atoms with Crippen molar-refractivity contribution < 1.29 is 14.3 Å². The van der Waals surface area contributed by atoms with Gasteiger partial charge in [-0.1, -0.05) is 30.3 Å². The van der Waals surface area contributed by atoms with Crippen LogP contribution < -0.4 is 9.47 Å². The summed E-state index contributed by atoms with van der Waals surface area (Å²) in [6.07, 6.45) is 4.23. The molecule has 0 bridgehead atoms. The second-order valence-electron chi connectivity index (χ2n) is 5.97. The number of methoxy groups -OCH3 is 1. The largest absolute Gasteiger partial charge is 0.493 e. The van der Waals surface area contributed by atoms with Crippen molar-refractivity contribution in [1.82, 2.24) is 4.90 Å². The van der Waals surface area contributed by atoms with Crippen LogP contribution in [0.25, 0.3) is 6.08 Å². The number of ether oxygens (including phenoxy) is 2. The molecule has 1 aliphatic rings. The first-order valence-electron chi connectivity index (χ1n) is 8.43. The first-order valence-corrected chi connectivity index (χ1v) is 8.43. The van der Waals surface area contributed by atoms with Gasteiger partial charge in [0.2, 0.25) is 5.91 Å². The van der Waals surface area contributed by atoms with Crippen LogP contribution >= 0.6 is 0 Å². The quantitative estimate of drug-likeness (QED) is 0.779. The fraction of sp³-hybridized carbons (Fsp3) is 0.238. The first-order chi connectivity index (χ1) is 12.7. The van der Waals surface area contributed by atoms with Crippen LogP contribution in [0.1, 0.15) is 16.7 Å². The predicted octanol–water partition coefficient (Wildman–Crippen LogP) is 3.20. The van der Waals surface area contributed by atoms with Gasteiger partial charge in [0, 0.05) is 19.2 Å². The Bertz CT molecular complexity index is 868. The molecule has 0 saturated heterocycles. The lowest BCUT2D eigenvalue weighted by Crippen LogP contribution is -2.34. The number of fused-ring (bicyclic) bond motifs is 1. The molecular formula is C21H20N2O3. The van der Waals surface area contributed by atoms with Crippen LogP contribution in [0.2, 0.25) is 0 Å². The van der Waals surface area contributed by atoms with Gasteiger partial charge in [-0.15, -0.1) is 0 Å². The maximum atomic E-state index is 12.5. The second-order valence-corrected chi connectivity index (χ2v) is 5.97. The SMILES string of the molecule is COc1cc(/C=C/C(=O)N2CCc3ccccc3C2)ccc1OCC#N. The predicted molar refractivity (Wildman–Crippen MR) is 98.7 cm³/mol. The molecule has 1 heterocycles. The molecule has 0 N–H and O–H groups in total. The van der Waals surface area contributed by atoms with Crippen molar-refractivity contribution >= 4 is 12.0 Å². The first kappa shape index (κ1) is 17.6. The molecule has 2 aromatic rings. The molecule has 26 heavy (non-hydrogen) atoms. The second kappa shape index (κ2) is 8.21. The molecule has 0 aliphatic carbocycles. The molecule has 2 aromatic carbocycles. The fourth-order valence-corrected chi connectivity index (χ4v) is 2.97. The van der Waals surface area contributed by atoms with E-state index in [1.807, 2.05) is 29.2 Å². The highest BCUT2D eigenvalue weighted by molar-refractivity contribution is 5.92. The van der Waals surface area contributed by atoms with Gasteiger partial charge in [0.15, 0.2) is 18.1 Å². The van der Waals surface area contributed by atoms with Crippen molar-refractivity contribution in [3.8, 4) is 17.6 Å². The molecular weight excluding hydrogens is 328 g/mol. The zero-order valence-corrected chi connectivity index (χ0v) is 14.6. The van der Waals surface area contributed by atoms with Gasteiger partial charge in [-0.3, -0.25) is 4.79 Å². The van der Waals surface area contributed by atoms with Gasteiger partial charge in [0.25, 0.3) is 0 Å². The Morgan fingerprint density at radius 2 is 2.04 bits per heavy atom. The number of benzene rings is 2. The Kier molecular flexibility index (Phi) is 5.55. The molecule has 5 heteroatoms. The van der Waals surface area contributed by atoms with Crippen molar-refractivity contribution in [2.75, 3.05) is 20.3 Å². The Morgan fingerprint density at radius 1 is 1.23 bits per heavy atom. The van der Waals surface area contributed by atoms with Crippen molar-refractivity contribution in [3.05, 3.63) is 65.2 Å². The lowest BCUT2D eigenvalue weighted by molar-refractivity contribution is -0.126. The van der Waals surface area contributed by atoms with Gasteiger partial charge < -0.3 is 14.4 Å². The van der Waals surface area contributed by atoms with Crippen LogP contribution in [0.5, 0.6) is 11.5 Å². The third-order valence-corrected chi connectivity index (χ3v) is 4.34. The highest BCUT2D eigenvalue weighted by atomic mass is 16.5. The van der Waals surface area contributed by atoms with Gasteiger partial charge in [-0.05, 0) is 41.3 Å². The zero-order chi connectivity index (χ0) is 18.4. The molecule has 3 rings (SSSR count). The van der Waals surface area contributed by atoms with Crippen LogP contribution in [0.3, 0.4) is 0 Å². The molecule has 5 nitrogen and oxygen atoms in total. The molecule has 1 aliphatic heterocycles. The molecule has 0 unspecified atom stereocenters. The summed E-state index contributed by atoms with van der Waals surface area (Å²) in [5.41, 5.74) is 3.36. The van der Waals surface area contributed by atoms with Gasteiger partial charge in [-0.2, -0.15) is 5.26 Å². The molecule has 1 amide bonds. The number of carbonyl (C=O) groups is 1. The Hall–Kier alpha value is -3.26. The van der Waals surface area contributed by atoms with Gasteiger partial charge in [0.05, 0.1) is 7.11 Å². The van der Waals surface area contributed by atoms with Crippen molar-refractivity contribution in [2.24, 2.45) is 0 Å². The molecule has 0 radical (unpaired) electrons. The topological polar surface area (TPSA) is 62.6 Å². The molecule has 0 fully saturated rings. The summed E-state index contributed by atoms with van der Waals surface area (Å²) in [5.74, 6) is 1.02. The van der Waals surface area contributed by atoms with E-state index in [-0.39, 0.29) is 12.5 Å². The molecule has 0 saturated carbocycles. The van der Waals surface area contributed by atoms with Crippen LogP contribution in [-0.4, -0.2) is 31.1 Å².